The number of oxazole rings is 1. The fourth-order valence-corrected chi connectivity index (χ4v) is 1.49. The number of aryl methyl sites for hydroxylation is 1. The summed E-state index contributed by atoms with van der Waals surface area (Å²) in [6, 6.07) is 0. The monoisotopic (exact) mass is 245 g/mol. The average Bonchev–Trinajstić information content (AvgIpc) is 2.55. The molecule has 6 heteroatoms. The SMILES string of the molecule is Cc1ncoc1B1OC(C)(C)C(C)(C)O1.Cl. The summed E-state index contributed by atoms with van der Waals surface area (Å²) in [7, 11) is -0.447. The smallest absolute Gasteiger partial charge is 0.452 e. The maximum absolute atomic E-state index is 5.83. The fourth-order valence-electron chi connectivity index (χ4n) is 1.49. The number of rotatable bonds is 1. The Bertz CT molecular complexity index is 362. The van der Waals surface area contributed by atoms with Crippen LogP contribution >= 0.6 is 12.4 Å². The minimum Gasteiger partial charge on any atom is -0.452 e. The zero-order valence-electron chi connectivity index (χ0n) is 10.2. The first-order chi connectivity index (χ1) is 6.83. The maximum atomic E-state index is 5.83. The molecule has 2 rings (SSSR count). The second-order valence-corrected chi connectivity index (χ2v) is 4.89. The third kappa shape index (κ3) is 1.99. The van der Waals surface area contributed by atoms with E-state index in [0.717, 1.165) is 5.69 Å². The Kier molecular flexibility index (Phi) is 3.43. The normalized spacial score (nSPS) is 21.9. The van der Waals surface area contributed by atoms with Gasteiger partial charge in [0.05, 0.1) is 16.9 Å². The van der Waals surface area contributed by atoms with Crippen molar-refractivity contribution in [3.63, 3.8) is 0 Å². The van der Waals surface area contributed by atoms with E-state index in [-0.39, 0.29) is 23.6 Å². The third-order valence-electron chi connectivity index (χ3n) is 3.25. The maximum Gasteiger partial charge on any atom is 0.534 e. The average molecular weight is 246 g/mol. The molecule has 90 valence electrons. The topological polar surface area (TPSA) is 44.5 Å². The van der Waals surface area contributed by atoms with Crippen molar-refractivity contribution in [2.24, 2.45) is 0 Å². The van der Waals surface area contributed by atoms with Gasteiger partial charge in [-0.1, -0.05) is 0 Å². The molecule has 2 heterocycles. The van der Waals surface area contributed by atoms with E-state index in [4.69, 9.17) is 13.7 Å². The quantitative estimate of drug-likeness (QED) is 0.707. The molecule has 0 saturated carbocycles. The molecule has 0 aliphatic carbocycles. The zero-order valence-corrected chi connectivity index (χ0v) is 11.1. The van der Waals surface area contributed by atoms with Crippen LogP contribution in [0.5, 0.6) is 0 Å². The van der Waals surface area contributed by atoms with E-state index in [9.17, 15) is 0 Å². The lowest BCUT2D eigenvalue weighted by molar-refractivity contribution is 0.00578. The van der Waals surface area contributed by atoms with E-state index < -0.39 is 7.12 Å². The second-order valence-electron chi connectivity index (χ2n) is 4.89. The third-order valence-corrected chi connectivity index (χ3v) is 3.25. The van der Waals surface area contributed by atoms with Crippen molar-refractivity contribution in [3.05, 3.63) is 12.1 Å². The standard InChI is InChI=1S/C10H16BNO3.ClH/c1-7-8(13-6-12-7)11-14-9(2,3)10(4,5)15-11;/h6H,1-5H3;1H. The van der Waals surface area contributed by atoms with Gasteiger partial charge in [-0.15, -0.1) is 12.4 Å². The van der Waals surface area contributed by atoms with E-state index >= 15 is 0 Å². The summed E-state index contributed by atoms with van der Waals surface area (Å²) in [5.41, 5.74) is 0.801. The predicted octanol–water partition coefficient (Wildman–Crippen LogP) is 1.70. The molecule has 0 N–H and O–H groups in total. The number of hydrogen-bond donors (Lipinski definition) is 0. The molecule has 1 aromatic heterocycles. The lowest BCUT2D eigenvalue weighted by atomic mass is 9.85. The molecule has 0 spiro atoms. The molecule has 0 aromatic carbocycles. The molecule has 1 saturated heterocycles. The molecular formula is C10H17BClNO3. The van der Waals surface area contributed by atoms with E-state index in [2.05, 4.69) is 4.98 Å². The van der Waals surface area contributed by atoms with Crippen molar-refractivity contribution in [2.75, 3.05) is 0 Å². The molecular weight excluding hydrogens is 228 g/mol. The zero-order chi connectivity index (χ0) is 11.3. The highest BCUT2D eigenvalue weighted by Gasteiger charge is 2.53. The summed E-state index contributed by atoms with van der Waals surface area (Å²) in [5, 5.41) is 0. The summed E-state index contributed by atoms with van der Waals surface area (Å²) in [6.45, 7) is 9.93. The van der Waals surface area contributed by atoms with Crippen molar-refractivity contribution in [2.45, 2.75) is 45.8 Å². The van der Waals surface area contributed by atoms with Crippen molar-refractivity contribution >= 4 is 25.2 Å². The molecule has 0 radical (unpaired) electrons. The minimum absolute atomic E-state index is 0. The number of hydrogen-bond acceptors (Lipinski definition) is 4. The molecule has 1 fully saturated rings. The summed E-state index contributed by atoms with van der Waals surface area (Å²) in [4.78, 5) is 4.03. The molecule has 0 bridgehead atoms. The highest BCUT2D eigenvalue weighted by Crippen LogP contribution is 2.36. The first-order valence-electron chi connectivity index (χ1n) is 5.09. The highest BCUT2D eigenvalue weighted by atomic mass is 35.5. The van der Waals surface area contributed by atoms with Crippen LogP contribution in [0.15, 0.2) is 10.8 Å². The Morgan fingerprint density at radius 3 is 2.00 bits per heavy atom. The molecule has 0 amide bonds. The van der Waals surface area contributed by atoms with Gasteiger partial charge in [-0.25, -0.2) is 4.98 Å². The van der Waals surface area contributed by atoms with E-state index in [1.165, 1.54) is 6.39 Å². The number of aromatic nitrogens is 1. The number of nitrogens with zero attached hydrogens (tertiary/aromatic N) is 1. The van der Waals surface area contributed by atoms with Crippen LogP contribution in [0.1, 0.15) is 33.4 Å². The molecule has 1 aromatic rings. The van der Waals surface area contributed by atoms with Crippen LogP contribution in [-0.2, 0) is 9.31 Å². The van der Waals surface area contributed by atoms with Gasteiger partial charge in [0.25, 0.3) is 0 Å². The van der Waals surface area contributed by atoms with Gasteiger partial charge in [-0.2, -0.15) is 0 Å². The van der Waals surface area contributed by atoms with Crippen molar-refractivity contribution in [1.29, 1.82) is 0 Å². The Balaban J connectivity index is 0.00000128. The van der Waals surface area contributed by atoms with Gasteiger partial charge < -0.3 is 13.7 Å². The van der Waals surface area contributed by atoms with Gasteiger partial charge in [0.15, 0.2) is 12.1 Å². The van der Waals surface area contributed by atoms with Crippen LogP contribution in [-0.4, -0.2) is 23.3 Å². The minimum atomic E-state index is -0.447. The van der Waals surface area contributed by atoms with Crippen LogP contribution in [0.25, 0.3) is 0 Å². The fraction of sp³-hybridized carbons (Fsp3) is 0.700. The molecule has 4 nitrogen and oxygen atoms in total. The van der Waals surface area contributed by atoms with Crippen molar-refractivity contribution in [1.82, 2.24) is 4.98 Å². The highest BCUT2D eigenvalue weighted by molar-refractivity contribution is 6.61. The lowest BCUT2D eigenvalue weighted by Crippen LogP contribution is -2.41. The lowest BCUT2D eigenvalue weighted by Gasteiger charge is -2.32. The second kappa shape index (κ2) is 4.06. The summed E-state index contributed by atoms with van der Waals surface area (Å²) >= 11 is 0. The van der Waals surface area contributed by atoms with Crippen LogP contribution in [0, 0.1) is 6.92 Å². The summed E-state index contributed by atoms with van der Waals surface area (Å²) in [6.07, 6.45) is 1.41. The Hall–Kier alpha value is -0.515. The largest absolute Gasteiger partial charge is 0.534 e. The Morgan fingerprint density at radius 2 is 1.62 bits per heavy atom. The predicted molar refractivity (Wildman–Crippen MR) is 64.2 cm³/mol. The van der Waals surface area contributed by atoms with Gasteiger partial charge in [-0.05, 0) is 34.6 Å². The van der Waals surface area contributed by atoms with Gasteiger partial charge in [0.2, 0.25) is 0 Å². The van der Waals surface area contributed by atoms with Crippen molar-refractivity contribution < 1.29 is 13.7 Å². The first kappa shape index (κ1) is 13.5. The molecule has 1 aliphatic rings. The van der Waals surface area contributed by atoms with Gasteiger partial charge in [-0.3, -0.25) is 0 Å². The van der Waals surface area contributed by atoms with E-state index in [1.807, 2.05) is 34.6 Å². The molecule has 1 aliphatic heterocycles. The van der Waals surface area contributed by atoms with Crippen molar-refractivity contribution in [3.8, 4) is 0 Å². The van der Waals surface area contributed by atoms with Gasteiger partial charge in [0.1, 0.15) is 0 Å². The van der Waals surface area contributed by atoms with Gasteiger partial charge in [0, 0.05) is 0 Å². The Labute approximate surface area is 102 Å². The summed E-state index contributed by atoms with van der Waals surface area (Å²) in [5.74, 6) is 0. The number of halogens is 1. The molecule has 0 atom stereocenters. The molecule has 0 unspecified atom stereocenters. The molecule has 16 heavy (non-hydrogen) atoms. The van der Waals surface area contributed by atoms with E-state index in [1.54, 1.807) is 0 Å². The summed E-state index contributed by atoms with van der Waals surface area (Å²) < 4.78 is 16.9. The van der Waals surface area contributed by atoms with Crippen LogP contribution in [0.2, 0.25) is 0 Å². The Morgan fingerprint density at radius 1 is 1.12 bits per heavy atom. The van der Waals surface area contributed by atoms with Crippen LogP contribution in [0.3, 0.4) is 0 Å². The van der Waals surface area contributed by atoms with Crippen LogP contribution < -0.4 is 5.66 Å². The first-order valence-corrected chi connectivity index (χ1v) is 5.09. The van der Waals surface area contributed by atoms with Crippen LogP contribution in [0.4, 0.5) is 0 Å². The van der Waals surface area contributed by atoms with E-state index in [0.29, 0.717) is 5.66 Å². The van der Waals surface area contributed by atoms with Gasteiger partial charge >= 0.3 is 7.12 Å².